The lowest BCUT2D eigenvalue weighted by atomic mass is 10.1. The number of hydrogen-bond donors (Lipinski definition) is 2. The van der Waals surface area contributed by atoms with Gasteiger partial charge in [0.2, 0.25) is 0 Å². The SMILES string of the molecule is Nc1ncnc2c1CCNc1ncccc1-2. The quantitative estimate of drug-likeness (QED) is 0.685. The summed E-state index contributed by atoms with van der Waals surface area (Å²) in [5, 5.41) is 3.26. The van der Waals surface area contributed by atoms with Gasteiger partial charge >= 0.3 is 0 Å². The van der Waals surface area contributed by atoms with E-state index in [4.69, 9.17) is 5.73 Å². The van der Waals surface area contributed by atoms with E-state index in [1.807, 2.05) is 12.1 Å². The summed E-state index contributed by atoms with van der Waals surface area (Å²) in [6.07, 6.45) is 4.08. The van der Waals surface area contributed by atoms with Crippen molar-refractivity contribution in [3.05, 3.63) is 30.2 Å². The van der Waals surface area contributed by atoms with E-state index in [0.717, 1.165) is 35.6 Å². The molecule has 3 heterocycles. The van der Waals surface area contributed by atoms with Crippen molar-refractivity contribution in [2.24, 2.45) is 0 Å². The second-order valence-corrected chi connectivity index (χ2v) is 3.66. The molecule has 2 aromatic rings. The molecule has 0 atom stereocenters. The molecule has 1 aliphatic heterocycles. The molecule has 0 amide bonds. The zero-order valence-electron chi connectivity index (χ0n) is 8.64. The van der Waals surface area contributed by atoms with Crippen LogP contribution in [0.5, 0.6) is 0 Å². The molecular weight excluding hydrogens is 202 g/mol. The first-order valence-corrected chi connectivity index (χ1v) is 5.15. The number of nitrogens with two attached hydrogens (primary N) is 1. The molecule has 16 heavy (non-hydrogen) atoms. The standard InChI is InChI=1S/C11H11N5/c12-10-7-3-5-14-11-8(2-1-4-13-11)9(7)15-6-16-10/h1-2,4,6H,3,5H2,(H,13,14)(H2,12,15,16). The number of anilines is 2. The first-order valence-electron chi connectivity index (χ1n) is 5.15. The topological polar surface area (TPSA) is 76.7 Å². The minimum absolute atomic E-state index is 0.559. The Balaban J connectivity index is 2.30. The second-order valence-electron chi connectivity index (χ2n) is 3.66. The Morgan fingerprint density at radius 3 is 3.12 bits per heavy atom. The second kappa shape index (κ2) is 3.44. The lowest BCUT2D eigenvalue weighted by Gasteiger charge is -2.07. The lowest BCUT2D eigenvalue weighted by molar-refractivity contribution is 1.00. The number of hydrogen-bond acceptors (Lipinski definition) is 5. The highest BCUT2D eigenvalue weighted by atomic mass is 15.0. The highest BCUT2D eigenvalue weighted by Gasteiger charge is 2.17. The number of aromatic nitrogens is 3. The van der Waals surface area contributed by atoms with Crippen molar-refractivity contribution in [2.75, 3.05) is 17.6 Å². The van der Waals surface area contributed by atoms with E-state index in [0.29, 0.717) is 5.82 Å². The van der Waals surface area contributed by atoms with Gasteiger partial charge in [0.15, 0.2) is 0 Å². The Morgan fingerprint density at radius 2 is 2.19 bits per heavy atom. The number of nitrogens with one attached hydrogen (secondary N) is 1. The fourth-order valence-electron chi connectivity index (χ4n) is 1.95. The van der Waals surface area contributed by atoms with Gasteiger partial charge in [-0.2, -0.15) is 0 Å². The van der Waals surface area contributed by atoms with Gasteiger partial charge in [-0.25, -0.2) is 15.0 Å². The molecule has 80 valence electrons. The Hall–Kier alpha value is -2.17. The Morgan fingerprint density at radius 1 is 1.25 bits per heavy atom. The zero-order valence-corrected chi connectivity index (χ0v) is 8.64. The van der Waals surface area contributed by atoms with Gasteiger partial charge in [-0.1, -0.05) is 0 Å². The van der Waals surface area contributed by atoms with Gasteiger partial charge in [0.05, 0.1) is 5.69 Å². The molecule has 0 radical (unpaired) electrons. The van der Waals surface area contributed by atoms with Gasteiger partial charge in [-0.3, -0.25) is 0 Å². The van der Waals surface area contributed by atoms with Crippen molar-refractivity contribution in [3.8, 4) is 11.3 Å². The van der Waals surface area contributed by atoms with Crippen molar-refractivity contribution in [1.82, 2.24) is 15.0 Å². The van der Waals surface area contributed by atoms with E-state index in [1.165, 1.54) is 6.33 Å². The maximum atomic E-state index is 5.87. The minimum Gasteiger partial charge on any atom is -0.383 e. The highest BCUT2D eigenvalue weighted by Crippen LogP contribution is 2.31. The van der Waals surface area contributed by atoms with Gasteiger partial charge < -0.3 is 11.1 Å². The van der Waals surface area contributed by atoms with Gasteiger partial charge in [0.1, 0.15) is 18.0 Å². The average molecular weight is 213 g/mol. The van der Waals surface area contributed by atoms with E-state index < -0.39 is 0 Å². The van der Waals surface area contributed by atoms with E-state index in [-0.39, 0.29) is 0 Å². The fraction of sp³-hybridized carbons (Fsp3) is 0.182. The Bertz CT molecular complexity index is 538. The largest absolute Gasteiger partial charge is 0.383 e. The van der Waals surface area contributed by atoms with Crippen LogP contribution >= 0.6 is 0 Å². The van der Waals surface area contributed by atoms with E-state index in [1.54, 1.807) is 6.20 Å². The molecule has 0 saturated carbocycles. The van der Waals surface area contributed by atoms with Gasteiger partial charge in [0.25, 0.3) is 0 Å². The van der Waals surface area contributed by atoms with Crippen LogP contribution in [0.4, 0.5) is 11.6 Å². The maximum Gasteiger partial charge on any atom is 0.135 e. The summed E-state index contributed by atoms with van der Waals surface area (Å²) < 4.78 is 0. The zero-order chi connectivity index (χ0) is 11.0. The molecule has 3 rings (SSSR count). The predicted molar refractivity (Wildman–Crippen MR) is 61.9 cm³/mol. The normalized spacial score (nSPS) is 13.2. The minimum atomic E-state index is 0.559. The molecule has 0 unspecified atom stereocenters. The van der Waals surface area contributed by atoms with Crippen LogP contribution in [-0.2, 0) is 6.42 Å². The molecule has 1 aliphatic rings. The molecule has 5 nitrogen and oxygen atoms in total. The molecule has 0 spiro atoms. The summed E-state index contributed by atoms with van der Waals surface area (Å²) in [7, 11) is 0. The molecule has 3 N–H and O–H groups in total. The fourth-order valence-corrected chi connectivity index (χ4v) is 1.95. The summed E-state index contributed by atoms with van der Waals surface area (Å²) >= 11 is 0. The third kappa shape index (κ3) is 1.29. The highest BCUT2D eigenvalue weighted by molar-refractivity contribution is 5.77. The van der Waals surface area contributed by atoms with Crippen LogP contribution in [0.25, 0.3) is 11.3 Å². The number of fused-ring (bicyclic) bond motifs is 3. The third-order valence-corrected chi connectivity index (χ3v) is 2.71. The molecule has 5 heteroatoms. The van der Waals surface area contributed by atoms with Gasteiger partial charge in [-0.05, 0) is 18.6 Å². The molecule has 0 bridgehead atoms. The van der Waals surface area contributed by atoms with Crippen molar-refractivity contribution in [1.29, 1.82) is 0 Å². The van der Waals surface area contributed by atoms with Crippen LogP contribution in [-0.4, -0.2) is 21.5 Å². The van der Waals surface area contributed by atoms with Crippen LogP contribution in [0.1, 0.15) is 5.56 Å². The van der Waals surface area contributed by atoms with Crippen molar-refractivity contribution >= 4 is 11.6 Å². The number of nitrogens with zero attached hydrogens (tertiary/aromatic N) is 3. The molecule has 0 aromatic carbocycles. The maximum absolute atomic E-state index is 5.87. The summed E-state index contributed by atoms with van der Waals surface area (Å²) in [5.41, 5.74) is 8.75. The first-order chi connectivity index (χ1) is 7.86. The van der Waals surface area contributed by atoms with E-state index >= 15 is 0 Å². The van der Waals surface area contributed by atoms with Crippen molar-refractivity contribution < 1.29 is 0 Å². The average Bonchev–Trinajstić information content (AvgIpc) is 2.50. The van der Waals surface area contributed by atoms with Crippen molar-refractivity contribution in [2.45, 2.75) is 6.42 Å². The smallest absolute Gasteiger partial charge is 0.135 e. The predicted octanol–water partition coefficient (Wildman–Crippen LogP) is 1.09. The molecule has 2 aromatic heterocycles. The van der Waals surface area contributed by atoms with E-state index in [2.05, 4.69) is 20.3 Å². The number of nitrogen functional groups attached to an aromatic ring is 1. The number of pyridine rings is 1. The monoisotopic (exact) mass is 213 g/mol. The molecule has 0 aliphatic carbocycles. The number of rotatable bonds is 0. The van der Waals surface area contributed by atoms with Crippen LogP contribution in [0.15, 0.2) is 24.7 Å². The van der Waals surface area contributed by atoms with Crippen LogP contribution in [0.3, 0.4) is 0 Å². The van der Waals surface area contributed by atoms with Crippen molar-refractivity contribution in [3.63, 3.8) is 0 Å². The van der Waals surface area contributed by atoms with Crippen LogP contribution in [0.2, 0.25) is 0 Å². The van der Waals surface area contributed by atoms with E-state index in [9.17, 15) is 0 Å². The van der Waals surface area contributed by atoms with Crippen LogP contribution in [0, 0.1) is 0 Å². The Kier molecular flexibility index (Phi) is 1.96. The Labute approximate surface area is 92.8 Å². The van der Waals surface area contributed by atoms with Gasteiger partial charge in [-0.15, -0.1) is 0 Å². The molecule has 0 fully saturated rings. The molecular formula is C11H11N5. The summed E-state index contributed by atoms with van der Waals surface area (Å²) in [6, 6.07) is 3.89. The first kappa shape index (κ1) is 9.08. The van der Waals surface area contributed by atoms with Gasteiger partial charge in [0, 0.05) is 23.9 Å². The molecule has 0 saturated heterocycles. The third-order valence-electron chi connectivity index (χ3n) is 2.71. The lowest BCUT2D eigenvalue weighted by Crippen LogP contribution is -2.06. The summed E-state index contributed by atoms with van der Waals surface area (Å²) in [5.74, 6) is 1.42. The summed E-state index contributed by atoms with van der Waals surface area (Å²) in [6.45, 7) is 0.800. The summed E-state index contributed by atoms with van der Waals surface area (Å²) in [4.78, 5) is 12.6. The van der Waals surface area contributed by atoms with Crippen LogP contribution < -0.4 is 11.1 Å².